The lowest BCUT2D eigenvalue weighted by Gasteiger charge is -2.34. The van der Waals surface area contributed by atoms with E-state index in [4.69, 9.17) is 11.6 Å². The monoisotopic (exact) mass is 396 g/mol. The molecule has 7 heteroatoms. The van der Waals surface area contributed by atoms with Gasteiger partial charge >= 0.3 is 0 Å². The molecule has 1 aliphatic rings. The molecule has 0 atom stereocenters. The minimum absolute atomic E-state index is 0.0672. The molecule has 0 aromatic heterocycles. The molecule has 0 aliphatic carbocycles. The summed E-state index contributed by atoms with van der Waals surface area (Å²) < 4.78 is 39.8. The van der Waals surface area contributed by atoms with Crippen LogP contribution in [0.4, 0.5) is 4.39 Å². The second-order valence-corrected chi connectivity index (χ2v) is 8.84. The number of halogens is 2. The highest BCUT2D eigenvalue weighted by molar-refractivity contribution is 7.88. The molecule has 26 heavy (non-hydrogen) atoms. The van der Waals surface area contributed by atoms with Crippen molar-refractivity contribution >= 4 is 21.6 Å². The van der Waals surface area contributed by atoms with E-state index < -0.39 is 10.0 Å². The predicted octanol–water partition coefficient (Wildman–Crippen LogP) is 3.17. The standard InChI is InChI=1S/C19H22ClFN2O2S/c20-19-4-2-1-3-17(19)15-26(24,25)23-13-11-22(12-14-23)10-9-16-5-7-18(21)8-6-16/h1-8H,9-15H2. The maximum absolute atomic E-state index is 12.9. The quantitative estimate of drug-likeness (QED) is 0.753. The number of piperazine rings is 1. The van der Waals surface area contributed by atoms with Gasteiger partial charge in [-0.25, -0.2) is 12.8 Å². The number of sulfonamides is 1. The lowest BCUT2D eigenvalue weighted by molar-refractivity contribution is 0.190. The first-order valence-electron chi connectivity index (χ1n) is 8.62. The minimum Gasteiger partial charge on any atom is -0.300 e. The molecule has 2 aromatic carbocycles. The molecule has 1 aliphatic heterocycles. The third-order valence-electron chi connectivity index (χ3n) is 4.65. The zero-order chi connectivity index (χ0) is 18.6. The lowest BCUT2D eigenvalue weighted by atomic mass is 10.1. The van der Waals surface area contributed by atoms with Crippen LogP contribution in [-0.2, 0) is 22.2 Å². The highest BCUT2D eigenvalue weighted by atomic mass is 35.5. The van der Waals surface area contributed by atoms with Crippen LogP contribution in [0.2, 0.25) is 5.02 Å². The number of hydrogen-bond acceptors (Lipinski definition) is 3. The van der Waals surface area contributed by atoms with Crippen LogP contribution in [0.1, 0.15) is 11.1 Å². The Kier molecular flexibility index (Phi) is 6.29. The Bertz CT molecular complexity index is 835. The first-order chi connectivity index (χ1) is 12.4. The SMILES string of the molecule is O=S(=O)(Cc1ccccc1Cl)N1CCN(CCc2ccc(F)cc2)CC1. The van der Waals surface area contributed by atoms with Gasteiger partial charge in [0.15, 0.2) is 0 Å². The fourth-order valence-electron chi connectivity index (χ4n) is 3.07. The summed E-state index contributed by atoms with van der Waals surface area (Å²) in [5.74, 6) is -0.298. The average Bonchev–Trinajstić information content (AvgIpc) is 2.63. The van der Waals surface area contributed by atoms with Crippen LogP contribution in [0.3, 0.4) is 0 Å². The molecule has 3 rings (SSSR count). The van der Waals surface area contributed by atoms with E-state index in [-0.39, 0.29) is 11.6 Å². The summed E-state index contributed by atoms with van der Waals surface area (Å²) in [7, 11) is -3.37. The predicted molar refractivity (Wildman–Crippen MR) is 102 cm³/mol. The van der Waals surface area contributed by atoms with E-state index in [1.807, 2.05) is 0 Å². The van der Waals surface area contributed by atoms with Gasteiger partial charge in [0, 0.05) is 37.7 Å². The summed E-state index contributed by atoms with van der Waals surface area (Å²) in [5, 5.41) is 0.481. The Labute approximate surface area is 159 Å². The highest BCUT2D eigenvalue weighted by Crippen LogP contribution is 2.20. The van der Waals surface area contributed by atoms with Gasteiger partial charge in [-0.2, -0.15) is 4.31 Å². The van der Waals surface area contributed by atoms with Crippen molar-refractivity contribution in [3.63, 3.8) is 0 Å². The topological polar surface area (TPSA) is 40.6 Å². The molecule has 4 nitrogen and oxygen atoms in total. The maximum Gasteiger partial charge on any atom is 0.218 e. The number of hydrogen-bond donors (Lipinski definition) is 0. The van der Waals surface area contributed by atoms with Gasteiger partial charge in [0.05, 0.1) is 5.75 Å². The normalized spacial score (nSPS) is 16.7. The zero-order valence-electron chi connectivity index (χ0n) is 14.4. The molecule has 1 fully saturated rings. The molecule has 0 spiro atoms. The van der Waals surface area contributed by atoms with Crippen molar-refractivity contribution in [3.8, 4) is 0 Å². The summed E-state index contributed by atoms with van der Waals surface area (Å²) in [4.78, 5) is 2.24. The van der Waals surface area contributed by atoms with Gasteiger partial charge in [0.25, 0.3) is 0 Å². The van der Waals surface area contributed by atoms with E-state index in [1.54, 1.807) is 40.7 Å². The van der Waals surface area contributed by atoms with Gasteiger partial charge in [-0.1, -0.05) is 41.9 Å². The largest absolute Gasteiger partial charge is 0.300 e. The molecule has 0 bridgehead atoms. The van der Waals surface area contributed by atoms with Crippen molar-refractivity contribution in [2.45, 2.75) is 12.2 Å². The summed E-state index contributed by atoms with van der Waals surface area (Å²) in [6.07, 6.45) is 0.826. The van der Waals surface area contributed by atoms with Gasteiger partial charge in [-0.05, 0) is 35.7 Å². The summed E-state index contributed by atoms with van der Waals surface area (Å²) in [6, 6.07) is 13.6. The Balaban J connectivity index is 1.51. The van der Waals surface area contributed by atoms with Crippen LogP contribution >= 0.6 is 11.6 Å². The lowest BCUT2D eigenvalue weighted by Crippen LogP contribution is -2.49. The fraction of sp³-hybridized carbons (Fsp3) is 0.368. The van der Waals surface area contributed by atoms with Crippen LogP contribution in [0, 0.1) is 5.82 Å². The van der Waals surface area contributed by atoms with Crippen molar-refractivity contribution in [1.29, 1.82) is 0 Å². The van der Waals surface area contributed by atoms with E-state index >= 15 is 0 Å². The Morgan fingerprint density at radius 3 is 2.27 bits per heavy atom. The third kappa shape index (κ3) is 5.04. The molecule has 0 radical (unpaired) electrons. The fourth-order valence-corrected chi connectivity index (χ4v) is 4.90. The van der Waals surface area contributed by atoms with E-state index in [0.717, 1.165) is 18.5 Å². The van der Waals surface area contributed by atoms with Gasteiger partial charge < -0.3 is 4.90 Å². The molecule has 1 heterocycles. The first kappa shape index (κ1) is 19.3. The number of nitrogens with zero attached hydrogens (tertiary/aromatic N) is 2. The molecule has 140 valence electrons. The minimum atomic E-state index is -3.37. The van der Waals surface area contributed by atoms with E-state index in [2.05, 4.69) is 4.90 Å². The summed E-state index contributed by atoms with van der Waals surface area (Å²) in [6.45, 7) is 3.20. The van der Waals surface area contributed by atoms with Crippen molar-refractivity contribution in [1.82, 2.24) is 9.21 Å². The Morgan fingerprint density at radius 1 is 0.962 bits per heavy atom. The van der Waals surface area contributed by atoms with Gasteiger partial charge in [0.2, 0.25) is 10.0 Å². The van der Waals surface area contributed by atoms with E-state index in [9.17, 15) is 12.8 Å². The molecule has 0 saturated carbocycles. The van der Waals surface area contributed by atoms with E-state index in [0.29, 0.717) is 36.8 Å². The Hall–Kier alpha value is -1.47. The molecular formula is C19H22ClFN2O2S. The van der Waals surface area contributed by atoms with Gasteiger partial charge in [0.1, 0.15) is 5.82 Å². The van der Waals surface area contributed by atoms with Crippen molar-refractivity contribution in [3.05, 3.63) is 70.5 Å². The average molecular weight is 397 g/mol. The summed E-state index contributed by atoms with van der Waals surface area (Å²) >= 11 is 6.09. The van der Waals surface area contributed by atoms with Gasteiger partial charge in [-0.3, -0.25) is 0 Å². The Morgan fingerprint density at radius 2 is 1.62 bits per heavy atom. The molecule has 0 N–H and O–H groups in total. The van der Waals surface area contributed by atoms with Crippen molar-refractivity contribution < 1.29 is 12.8 Å². The van der Waals surface area contributed by atoms with Crippen LogP contribution < -0.4 is 0 Å². The van der Waals surface area contributed by atoms with E-state index in [1.165, 1.54) is 12.1 Å². The highest BCUT2D eigenvalue weighted by Gasteiger charge is 2.27. The van der Waals surface area contributed by atoms with Crippen molar-refractivity contribution in [2.24, 2.45) is 0 Å². The maximum atomic E-state index is 12.9. The third-order valence-corrected chi connectivity index (χ3v) is 6.85. The van der Waals surface area contributed by atoms with Gasteiger partial charge in [-0.15, -0.1) is 0 Å². The number of rotatable bonds is 6. The molecule has 2 aromatic rings. The molecule has 1 saturated heterocycles. The summed E-state index contributed by atoms with van der Waals surface area (Å²) in [5.41, 5.74) is 1.72. The second kappa shape index (κ2) is 8.48. The smallest absolute Gasteiger partial charge is 0.218 e. The first-order valence-corrected chi connectivity index (χ1v) is 10.6. The van der Waals surface area contributed by atoms with Crippen LogP contribution in [0.25, 0.3) is 0 Å². The van der Waals surface area contributed by atoms with Crippen LogP contribution in [0.5, 0.6) is 0 Å². The molecular weight excluding hydrogens is 375 g/mol. The van der Waals surface area contributed by atoms with Crippen LogP contribution in [-0.4, -0.2) is 50.3 Å². The molecule has 0 amide bonds. The molecule has 0 unspecified atom stereocenters. The van der Waals surface area contributed by atoms with Crippen LogP contribution in [0.15, 0.2) is 48.5 Å². The zero-order valence-corrected chi connectivity index (χ0v) is 16.0. The second-order valence-electron chi connectivity index (χ2n) is 6.46. The van der Waals surface area contributed by atoms with Crippen molar-refractivity contribution in [2.75, 3.05) is 32.7 Å². The number of benzene rings is 2.